The summed E-state index contributed by atoms with van der Waals surface area (Å²) in [7, 11) is 3.41. The minimum absolute atomic E-state index is 0.877. The van der Waals surface area contributed by atoms with E-state index >= 15 is 0 Å². The molecule has 2 heteroatoms. The van der Waals surface area contributed by atoms with Gasteiger partial charge in [-0.2, -0.15) is 0 Å². The molecule has 2 nitrogen and oxygen atoms in total. The molecule has 0 fully saturated rings. The van der Waals surface area contributed by atoms with Crippen LogP contribution in [-0.2, 0) is 6.42 Å². The Bertz CT molecular complexity index is 641. The lowest BCUT2D eigenvalue weighted by Gasteiger charge is -2.12. The first-order valence-electron chi connectivity index (χ1n) is 6.34. The van der Waals surface area contributed by atoms with Gasteiger partial charge in [-0.1, -0.05) is 30.3 Å². The predicted octanol–water partition coefficient (Wildman–Crippen LogP) is 3.69. The fraction of sp³-hybridized carbons (Fsp3) is 0.176. The molecule has 0 unspecified atom stereocenters. The molecule has 3 rings (SSSR count). The summed E-state index contributed by atoms with van der Waals surface area (Å²) in [6, 6.07) is 14.4. The van der Waals surface area contributed by atoms with Gasteiger partial charge in [-0.05, 0) is 41.3 Å². The van der Waals surface area contributed by atoms with Gasteiger partial charge in [-0.15, -0.1) is 0 Å². The Balaban J connectivity index is 2.10. The first-order chi connectivity index (χ1) is 9.33. The lowest BCUT2D eigenvalue weighted by Crippen LogP contribution is -1.94. The number of hydrogen-bond acceptors (Lipinski definition) is 2. The van der Waals surface area contributed by atoms with E-state index in [0.29, 0.717) is 0 Å². The second kappa shape index (κ2) is 4.81. The standard InChI is InChI=1S/C17H16O2/c1-18-14-7-3-6-13(11-14)15-10-9-12-5-4-8-16(19-2)17(12)15/h3-8,10-11H,9H2,1-2H3. The molecule has 2 aromatic carbocycles. The number of hydrogen-bond donors (Lipinski definition) is 0. The predicted molar refractivity (Wildman–Crippen MR) is 76.8 cm³/mol. The molecule has 0 saturated carbocycles. The van der Waals surface area contributed by atoms with Gasteiger partial charge in [0.15, 0.2) is 0 Å². The van der Waals surface area contributed by atoms with Crippen LogP contribution in [0.3, 0.4) is 0 Å². The van der Waals surface area contributed by atoms with E-state index in [1.54, 1.807) is 14.2 Å². The number of ether oxygens (including phenoxy) is 2. The highest BCUT2D eigenvalue weighted by atomic mass is 16.5. The molecule has 0 atom stereocenters. The summed E-state index contributed by atoms with van der Waals surface area (Å²) < 4.78 is 10.8. The Kier molecular flexibility index (Phi) is 3.00. The normalized spacial score (nSPS) is 12.8. The summed E-state index contributed by atoms with van der Waals surface area (Å²) >= 11 is 0. The first-order valence-corrected chi connectivity index (χ1v) is 6.34. The molecule has 0 bridgehead atoms. The summed E-state index contributed by atoms with van der Waals surface area (Å²) in [5.41, 5.74) is 4.92. The zero-order chi connectivity index (χ0) is 13.2. The van der Waals surface area contributed by atoms with Crippen molar-refractivity contribution in [3.8, 4) is 11.5 Å². The molecule has 2 aromatic rings. The molecule has 0 saturated heterocycles. The summed E-state index contributed by atoms with van der Waals surface area (Å²) in [4.78, 5) is 0. The van der Waals surface area contributed by atoms with Gasteiger partial charge in [0.2, 0.25) is 0 Å². The van der Waals surface area contributed by atoms with Crippen LogP contribution in [0.5, 0.6) is 11.5 Å². The molecule has 1 aliphatic carbocycles. The molecular formula is C17H16O2. The van der Waals surface area contributed by atoms with E-state index in [9.17, 15) is 0 Å². The van der Waals surface area contributed by atoms with E-state index in [1.807, 2.05) is 24.3 Å². The molecule has 0 N–H and O–H groups in total. The Morgan fingerprint density at radius 1 is 0.947 bits per heavy atom. The minimum Gasteiger partial charge on any atom is -0.497 e. The molecule has 96 valence electrons. The van der Waals surface area contributed by atoms with Crippen molar-refractivity contribution in [2.24, 2.45) is 0 Å². The highest BCUT2D eigenvalue weighted by molar-refractivity contribution is 5.87. The van der Waals surface area contributed by atoms with Gasteiger partial charge in [-0.3, -0.25) is 0 Å². The zero-order valence-corrected chi connectivity index (χ0v) is 11.1. The van der Waals surface area contributed by atoms with E-state index < -0.39 is 0 Å². The fourth-order valence-electron chi connectivity index (χ4n) is 2.59. The Morgan fingerprint density at radius 3 is 2.58 bits per heavy atom. The molecule has 0 radical (unpaired) electrons. The molecule has 1 aliphatic rings. The van der Waals surface area contributed by atoms with Crippen LogP contribution in [0.15, 0.2) is 48.5 Å². The maximum atomic E-state index is 5.49. The molecule has 0 aliphatic heterocycles. The van der Waals surface area contributed by atoms with Crippen molar-refractivity contribution in [1.29, 1.82) is 0 Å². The second-order valence-corrected chi connectivity index (χ2v) is 4.55. The summed E-state index contributed by atoms with van der Waals surface area (Å²) in [6.45, 7) is 0. The van der Waals surface area contributed by atoms with Crippen molar-refractivity contribution >= 4 is 5.57 Å². The number of allylic oxidation sites excluding steroid dienone is 1. The molecule has 0 amide bonds. The fourth-order valence-corrected chi connectivity index (χ4v) is 2.59. The van der Waals surface area contributed by atoms with E-state index in [1.165, 1.54) is 22.3 Å². The number of benzene rings is 2. The monoisotopic (exact) mass is 252 g/mol. The molecule has 0 spiro atoms. The Morgan fingerprint density at radius 2 is 1.79 bits per heavy atom. The highest BCUT2D eigenvalue weighted by Gasteiger charge is 2.19. The van der Waals surface area contributed by atoms with Crippen LogP contribution >= 0.6 is 0 Å². The number of rotatable bonds is 3. The smallest absolute Gasteiger partial charge is 0.126 e. The minimum atomic E-state index is 0.877. The number of fused-ring (bicyclic) bond motifs is 1. The maximum Gasteiger partial charge on any atom is 0.126 e. The third-order valence-electron chi connectivity index (χ3n) is 3.51. The van der Waals surface area contributed by atoms with Crippen LogP contribution in [0, 0.1) is 0 Å². The van der Waals surface area contributed by atoms with Crippen LogP contribution in [0.4, 0.5) is 0 Å². The third-order valence-corrected chi connectivity index (χ3v) is 3.51. The van der Waals surface area contributed by atoms with Crippen LogP contribution in [0.25, 0.3) is 5.57 Å². The van der Waals surface area contributed by atoms with Crippen molar-refractivity contribution in [3.05, 3.63) is 65.2 Å². The largest absolute Gasteiger partial charge is 0.497 e. The maximum absolute atomic E-state index is 5.49. The Labute approximate surface area is 113 Å². The first kappa shape index (κ1) is 11.8. The average molecular weight is 252 g/mol. The van der Waals surface area contributed by atoms with E-state index in [4.69, 9.17) is 9.47 Å². The lowest BCUT2D eigenvalue weighted by atomic mass is 9.98. The van der Waals surface area contributed by atoms with Crippen LogP contribution in [0.1, 0.15) is 16.7 Å². The summed E-state index contributed by atoms with van der Waals surface area (Å²) in [5, 5.41) is 0. The Hall–Kier alpha value is -2.22. The second-order valence-electron chi connectivity index (χ2n) is 4.55. The van der Waals surface area contributed by atoms with Crippen molar-refractivity contribution in [1.82, 2.24) is 0 Å². The van der Waals surface area contributed by atoms with Crippen LogP contribution in [0.2, 0.25) is 0 Å². The average Bonchev–Trinajstić information content (AvgIpc) is 2.91. The summed E-state index contributed by atoms with van der Waals surface area (Å²) in [6.07, 6.45) is 3.21. The SMILES string of the molecule is COc1cccc(C2=CCc3cccc(OC)c32)c1. The van der Waals surface area contributed by atoms with Gasteiger partial charge in [0.05, 0.1) is 14.2 Å². The van der Waals surface area contributed by atoms with E-state index in [-0.39, 0.29) is 0 Å². The van der Waals surface area contributed by atoms with Crippen molar-refractivity contribution < 1.29 is 9.47 Å². The zero-order valence-electron chi connectivity index (χ0n) is 11.1. The van der Waals surface area contributed by atoms with Gasteiger partial charge in [0, 0.05) is 5.56 Å². The van der Waals surface area contributed by atoms with Gasteiger partial charge in [0.1, 0.15) is 11.5 Å². The number of methoxy groups -OCH3 is 2. The van der Waals surface area contributed by atoms with Crippen molar-refractivity contribution in [2.75, 3.05) is 14.2 Å². The van der Waals surface area contributed by atoms with Crippen molar-refractivity contribution in [3.63, 3.8) is 0 Å². The van der Waals surface area contributed by atoms with E-state index in [0.717, 1.165) is 17.9 Å². The van der Waals surface area contributed by atoms with Gasteiger partial charge >= 0.3 is 0 Å². The molecule has 0 heterocycles. The molecule has 19 heavy (non-hydrogen) atoms. The molecule has 0 aromatic heterocycles. The third kappa shape index (κ3) is 1.99. The van der Waals surface area contributed by atoms with Gasteiger partial charge in [0.25, 0.3) is 0 Å². The van der Waals surface area contributed by atoms with Gasteiger partial charge in [-0.25, -0.2) is 0 Å². The highest BCUT2D eigenvalue weighted by Crippen LogP contribution is 2.39. The molecular weight excluding hydrogens is 236 g/mol. The van der Waals surface area contributed by atoms with Crippen molar-refractivity contribution in [2.45, 2.75) is 6.42 Å². The lowest BCUT2D eigenvalue weighted by molar-refractivity contribution is 0.413. The quantitative estimate of drug-likeness (QED) is 0.829. The topological polar surface area (TPSA) is 18.5 Å². The summed E-state index contributed by atoms with van der Waals surface area (Å²) in [5.74, 6) is 1.81. The van der Waals surface area contributed by atoms with Crippen LogP contribution in [-0.4, -0.2) is 14.2 Å². The van der Waals surface area contributed by atoms with E-state index in [2.05, 4.69) is 24.3 Å². The van der Waals surface area contributed by atoms with Gasteiger partial charge < -0.3 is 9.47 Å². The van der Waals surface area contributed by atoms with Crippen LogP contribution < -0.4 is 9.47 Å².